The summed E-state index contributed by atoms with van der Waals surface area (Å²) in [5.74, 6) is -0.159. The fourth-order valence-corrected chi connectivity index (χ4v) is 3.63. The summed E-state index contributed by atoms with van der Waals surface area (Å²) in [4.78, 5) is 29.9. The molecule has 0 spiro atoms. The molecule has 0 saturated carbocycles. The highest BCUT2D eigenvalue weighted by atomic mass is 79.9. The van der Waals surface area contributed by atoms with E-state index in [1.54, 1.807) is 31.4 Å². The van der Waals surface area contributed by atoms with Gasteiger partial charge in [-0.2, -0.15) is 13.2 Å². The van der Waals surface area contributed by atoms with E-state index in [0.29, 0.717) is 17.2 Å². The van der Waals surface area contributed by atoms with Gasteiger partial charge in [0.2, 0.25) is 17.7 Å². The zero-order chi connectivity index (χ0) is 26.6. The number of anilines is 2. The molecule has 0 fully saturated rings. The van der Waals surface area contributed by atoms with Crippen molar-refractivity contribution in [2.75, 3.05) is 24.8 Å². The maximum atomic E-state index is 13.2. The zero-order valence-corrected chi connectivity index (χ0v) is 20.9. The van der Waals surface area contributed by atoms with E-state index in [0.717, 1.165) is 12.1 Å². The number of nitrogens with one attached hydrogen (secondary N) is 2. The Hall–Kier alpha value is -4.26. The standard InChI is InChI=1S/C24H18BrF3N6O3/c1-29-23-31-7-5-18(33-23)17-4-3-6-30-22(17)37-20-9-13(8-19(25)34-20)21(35)32-15-10-14(24(26,27)28)11-16(12-15)36-2/h3-12H,1-2H3,(H,32,35)(H,29,31,33). The van der Waals surface area contributed by atoms with Crippen molar-refractivity contribution in [2.24, 2.45) is 0 Å². The molecule has 4 rings (SSSR count). The molecule has 0 atom stereocenters. The SMILES string of the molecule is CNc1nccc(-c2cccnc2Oc2cc(C(=O)Nc3cc(OC)cc(C(F)(F)F)c3)cc(Br)n2)n1. The molecule has 190 valence electrons. The Morgan fingerprint density at radius 2 is 1.84 bits per heavy atom. The second-order valence-corrected chi connectivity index (χ2v) is 8.20. The van der Waals surface area contributed by atoms with Crippen LogP contribution in [-0.4, -0.2) is 40.0 Å². The predicted octanol–water partition coefficient (Wildman–Crippen LogP) is 5.81. The van der Waals surface area contributed by atoms with E-state index in [4.69, 9.17) is 9.47 Å². The number of nitrogens with zero attached hydrogens (tertiary/aromatic N) is 4. The molecule has 37 heavy (non-hydrogen) atoms. The molecular formula is C24H18BrF3N6O3. The van der Waals surface area contributed by atoms with E-state index in [1.807, 2.05) is 0 Å². The molecule has 0 radical (unpaired) electrons. The van der Waals surface area contributed by atoms with Gasteiger partial charge < -0.3 is 20.1 Å². The van der Waals surface area contributed by atoms with Crippen molar-refractivity contribution in [1.82, 2.24) is 19.9 Å². The summed E-state index contributed by atoms with van der Waals surface area (Å²) in [6.07, 6.45) is -1.52. The first-order chi connectivity index (χ1) is 17.7. The van der Waals surface area contributed by atoms with Crippen molar-refractivity contribution >= 4 is 33.5 Å². The van der Waals surface area contributed by atoms with Gasteiger partial charge in [-0.05, 0) is 52.3 Å². The molecule has 0 aliphatic heterocycles. The minimum absolute atomic E-state index is 0.0176. The number of benzene rings is 1. The summed E-state index contributed by atoms with van der Waals surface area (Å²) >= 11 is 3.23. The van der Waals surface area contributed by atoms with Crippen molar-refractivity contribution in [1.29, 1.82) is 0 Å². The van der Waals surface area contributed by atoms with Crippen molar-refractivity contribution < 1.29 is 27.4 Å². The summed E-state index contributed by atoms with van der Waals surface area (Å²) in [5.41, 5.74) is 0.100. The van der Waals surface area contributed by atoms with E-state index in [1.165, 1.54) is 31.5 Å². The Kier molecular flexibility index (Phi) is 7.53. The molecule has 3 aromatic heterocycles. The smallest absolute Gasteiger partial charge is 0.416 e. The molecule has 0 unspecified atom stereocenters. The number of carbonyl (C=O) groups excluding carboxylic acids is 1. The lowest BCUT2D eigenvalue weighted by molar-refractivity contribution is -0.137. The number of amides is 1. The molecule has 2 N–H and O–H groups in total. The van der Waals surface area contributed by atoms with Gasteiger partial charge in [0.15, 0.2) is 0 Å². The second-order valence-electron chi connectivity index (χ2n) is 7.39. The number of hydrogen-bond donors (Lipinski definition) is 2. The molecule has 3 heterocycles. The van der Waals surface area contributed by atoms with Crippen LogP contribution in [0, 0.1) is 0 Å². The number of halogens is 4. The Labute approximate surface area is 217 Å². The first kappa shape index (κ1) is 25.8. The number of ether oxygens (including phenoxy) is 2. The van der Waals surface area contributed by atoms with Crippen LogP contribution in [0.1, 0.15) is 15.9 Å². The summed E-state index contributed by atoms with van der Waals surface area (Å²) < 4.78 is 50.8. The second kappa shape index (κ2) is 10.8. The summed E-state index contributed by atoms with van der Waals surface area (Å²) in [6, 6.07) is 10.8. The minimum Gasteiger partial charge on any atom is -0.497 e. The molecule has 9 nitrogen and oxygen atoms in total. The highest BCUT2D eigenvalue weighted by molar-refractivity contribution is 9.10. The van der Waals surface area contributed by atoms with Gasteiger partial charge in [0.25, 0.3) is 5.91 Å². The van der Waals surface area contributed by atoms with Crippen LogP contribution in [0.3, 0.4) is 0 Å². The van der Waals surface area contributed by atoms with Crippen molar-refractivity contribution in [3.05, 3.63) is 76.7 Å². The topological polar surface area (TPSA) is 111 Å². The molecule has 13 heteroatoms. The summed E-state index contributed by atoms with van der Waals surface area (Å²) in [7, 11) is 2.92. The number of carbonyl (C=O) groups is 1. The number of methoxy groups -OCH3 is 1. The number of pyridine rings is 2. The third kappa shape index (κ3) is 6.30. The van der Waals surface area contributed by atoms with Crippen LogP contribution in [0.2, 0.25) is 0 Å². The highest BCUT2D eigenvalue weighted by Gasteiger charge is 2.31. The quantitative estimate of drug-likeness (QED) is 0.266. The van der Waals surface area contributed by atoms with E-state index in [2.05, 4.69) is 46.5 Å². The Balaban J connectivity index is 1.62. The summed E-state index contributed by atoms with van der Waals surface area (Å²) in [5, 5.41) is 5.31. The molecule has 0 bridgehead atoms. The van der Waals surface area contributed by atoms with E-state index < -0.39 is 17.6 Å². The van der Waals surface area contributed by atoms with Gasteiger partial charge in [-0.3, -0.25) is 4.79 Å². The van der Waals surface area contributed by atoms with Gasteiger partial charge in [0, 0.05) is 42.8 Å². The van der Waals surface area contributed by atoms with Gasteiger partial charge >= 0.3 is 6.18 Å². The molecule has 1 aromatic carbocycles. The number of hydrogen-bond acceptors (Lipinski definition) is 8. The fraction of sp³-hybridized carbons (Fsp3) is 0.125. The highest BCUT2D eigenvalue weighted by Crippen LogP contribution is 2.35. The zero-order valence-electron chi connectivity index (χ0n) is 19.3. The van der Waals surface area contributed by atoms with E-state index in [-0.39, 0.29) is 33.4 Å². The maximum Gasteiger partial charge on any atom is 0.416 e. The number of rotatable bonds is 7. The van der Waals surface area contributed by atoms with Crippen LogP contribution < -0.4 is 20.1 Å². The minimum atomic E-state index is -4.62. The lowest BCUT2D eigenvalue weighted by Crippen LogP contribution is -2.14. The maximum absolute atomic E-state index is 13.2. The first-order valence-electron chi connectivity index (χ1n) is 10.6. The average Bonchev–Trinajstić information content (AvgIpc) is 2.88. The van der Waals surface area contributed by atoms with Crippen LogP contribution in [0.15, 0.2) is 65.5 Å². The molecule has 0 aliphatic rings. The Bertz CT molecular complexity index is 1450. The van der Waals surface area contributed by atoms with Crippen molar-refractivity contribution in [3.8, 4) is 28.8 Å². The van der Waals surface area contributed by atoms with Gasteiger partial charge in [-0.25, -0.2) is 19.9 Å². The predicted molar refractivity (Wildman–Crippen MR) is 133 cm³/mol. The average molecular weight is 575 g/mol. The molecule has 1 amide bonds. The first-order valence-corrected chi connectivity index (χ1v) is 11.3. The Morgan fingerprint density at radius 1 is 1.03 bits per heavy atom. The van der Waals surface area contributed by atoms with E-state index >= 15 is 0 Å². The third-order valence-electron chi connectivity index (χ3n) is 4.89. The van der Waals surface area contributed by atoms with Gasteiger partial charge in [-0.15, -0.1) is 0 Å². The largest absolute Gasteiger partial charge is 0.497 e. The lowest BCUT2D eigenvalue weighted by atomic mass is 10.1. The Morgan fingerprint density at radius 3 is 2.57 bits per heavy atom. The normalized spacial score (nSPS) is 11.1. The van der Waals surface area contributed by atoms with E-state index in [9.17, 15) is 18.0 Å². The van der Waals surface area contributed by atoms with Gasteiger partial charge in [0.05, 0.1) is 23.9 Å². The van der Waals surface area contributed by atoms with Crippen molar-refractivity contribution in [3.63, 3.8) is 0 Å². The monoisotopic (exact) mass is 574 g/mol. The van der Waals surface area contributed by atoms with Crippen LogP contribution in [0.25, 0.3) is 11.3 Å². The number of aromatic nitrogens is 4. The third-order valence-corrected chi connectivity index (χ3v) is 5.29. The lowest BCUT2D eigenvalue weighted by Gasteiger charge is -2.13. The van der Waals surface area contributed by atoms with Crippen LogP contribution in [0.4, 0.5) is 24.8 Å². The van der Waals surface area contributed by atoms with Crippen LogP contribution in [0.5, 0.6) is 17.5 Å². The number of alkyl halides is 3. The van der Waals surface area contributed by atoms with Gasteiger partial charge in [0.1, 0.15) is 10.4 Å². The molecule has 4 aromatic rings. The van der Waals surface area contributed by atoms with Crippen LogP contribution in [-0.2, 0) is 6.18 Å². The molecule has 0 aliphatic carbocycles. The fourth-order valence-electron chi connectivity index (χ4n) is 3.21. The molecular weight excluding hydrogens is 557 g/mol. The van der Waals surface area contributed by atoms with Crippen LogP contribution >= 0.6 is 15.9 Å². The van der Waals surface area contributed by atoms with Crippen molar-refractivity contribution in [2.45, 2.75) is 6.18 Å². The van der Waals surface area contributed by atoms with Gasteiger partial charge in [-0.1, -0.05) is 0 Å². The summed E-state index contributed by atoms with van der Waals surface area (Å²) in [6.45, 7) is 0. The molecule has 0 saturated heterocycles.